The predicted molar refractivity (Wildman–Crippen MR) is 90.3 cm³/mol. The van der Waals surface area contributed by atoms with E-state index in [2.05, 4.69) is 5.32 Å². The van der Waals surface area contributed by atoms with E-state index in [1.165, 1.54) is 13.2 Å². The number of halogens is 1. The molecule has 1 unspecified atom stereocenters. The molecule has 0 radical (unpaired) electrons. The fraction of sp³-hybridized carbons (Fsp3) is 0.412. The third-order valence-electron chi connectivity index (χ3n) is 3.17. The van der Waals surface area contributed by atoms with Gasteiger partial charge in [-0.25, -0.2) is 9.59 Å². The minimum atomic E-state index is -0.594. The van der Waals surface area contributed by atoms with Gasteiger partial charge in [0.2, 0.25) is 0 Å². The first-order valence-corrected chi connectivity index (χ1v) is 7.79. The highest BCUT2D eigenvalue weighted by Crippen LogP contribution is 2.30. The Morgan fingerprint density at radius 2 is 1.92 bits per heavy atom. The quantitative estimate of drug-likeness (QED) is 0.824. The number of esters is 1. The molecule has 0 aliphatic carbocycles. The second-order valence-electron chi connectivity index (χ2n) is 6.38. The Hall–Kier alpha value is -2.21. The Morgan fingerprint density at radius 3 is 2.50 bits per heavy atom. The van der Waals surface area contributed by atoms with Crippen LogP contribution in [0.1, 0.15) is 49.9 Å². The minimum absolute atomic E-state index is 0.232. The van der Waals surface area contributed by atoms with E-state index in [9.17, 15) is 9.59 Å². The lowest BCUT2D eigenvalue weighted by Crippen LogP contribution is -2.33. The average Bonchev–Trinajstić information content (AvgIpc) is 2.87. The monoisotopic (exact) mass is 353 g/mol. The van der Waals surface area contributed by atoms with Crippen LogP contribution in [0, 0.1) is 0 Å². The van der Waals surface area contributed by atoms with E-state index in [0.717, 1.165) is 0 Å². The molecule has 7 heteroatoms. The largest absolute Gasteiger partial charge is 0.465 e. The Morgan fingerprint density at radius 1 is 1.25 bits per heavy atom. The Kier molecular flexibility index (Phi) is 5.08. The molecule has 0 spiro atoms. The van der Waals surface area contributed by atoms with E-state index in [4.69, 9.17) is 25.5 Å². The molecule has 0 aliphatic heterocycles. The Labute approximate surface area is 145 Å². The van der Waals surface area contributed by atoms with Crippen LogP contribution in [0.3, 0.4) is 0 Å². The standard InChI is InChI=1S/C17H20ClNO5/c1-9(19-16(21)24-17(2,3)4)13-7-10-6-11(18)8-12(14(10)23-13)15(20)22-5/h6-9H,1-5H3,(H,19,21). The molecule has 0 bridgehead atoms. The number of ether oxygens (including phenoxy) is 2. The van der Waals surface area contributed by atoms with Crippen LogP contribution in [0.15, 0.2) is 22.6 Å². The smallest absolute Gasteiger partial charge is 0.408 e. The summed E-state index contributed by atoms with van der Waals surface area (Å²) < 4.78 is 15.7. The molecule has 0 saturated carbocycles. The molecule has 1 atom stereocenters. The van der Waals surface area contributed by atoms with Crippen molar-refractivity contribution >= 4 is 34.6 Å². The number of furan rings is 1. The lowest BCUT2D eigenvalue weighted by molar-refractivity contribution is 0.0501. The number of amides is 1. The van der Waals surface area contributed by atoms with Crippen molar-refractivity contribution in [1.82, 2.24) is 5.32 Å². The van der Waals surface area contributed by atoms with Gasteiger partial charge in [-0.1, -0.05) is 11.6 Å². The van der Waals surface area contributed by atoms with Crippen molar-refractivity contribution in [2.24, 2.45) is 0 Å². The van der Waals surface area contributed by atoms with Gasteiger partial charge in [0.05, 0.1) is 13.2 Å². The fourth-order valence-corrected chi connectivity index (χ4v) is 2.39. The van der Waals surface area contributed by atoms with Crippen LogP contribution >= 0.6 is 11.6 Å². The van der Waals surface area contributed by atoms with Gasteiger partial charge in [0.25, 0.3) is 0 Å². The molecule has 1 N–H and O–H groups in total. The summed E-state index contributed by atoms with van der Waals surface area (Å²) in [5.74, 6) is -0.0700. The molecule has 0 aliphatic rings. The summed E-state index contributed by atoms with van der Waals surface area (Å²) in [7, 11) is 1.28. The van der Waals surface area contributed by atoms with Crippen molar-refractivity contribution < 1.29 is 23.5 Å². The molecule has 2 aromatic rings. The number of fused-ring (bicyclic) bond motifs is 1. The van der Waals surface area contributed by atoms with Gasteiger partial charge in [-0.05, 0) is 45.9 Å². The molecule has 130 valence electrons. The van der Waals surface area contributed by atoms with Gasteiger partial charge in [0, 0.05) is 10.4 Å². The first-order valence-electron chi connectivity index (χ1n) is 7.41. The molecule has 24 heavy (non-hydrogen) atoms. The lowest BCUT2D eigenvalue weighted by atomic mass is 10.1. The van der Waals surface area contributed by atoms with Gasteiger partial charge in [-0.15, -0.1) is 0 Å². The maximum atomic E-state index is 11.9. The predicted octanol–water partition coefficient (Wildman–Crippen LogP) is 4.46. The molecular weight excluding hydrogens is 334 g/mol. The fourth-order valence-electron chi connectivity index (χ4n) is 2.17. The van der Waals surface area contributed by atoms with Gasteiger partial charge in [-0.2, -0.15) is 0 Å². The van der Waals surface area contributed by atoms with E-state index in [-0.39, 0.29) is 5.56 Å². The van der Waals surface area contributed by atoms with Crippen molar-refractivity contribution in [3.05, 3.63) is 34.5 Å². The maximum absolute atomic E-state index is 11.9. The highest BCUT2D eigenvalue weighted by molar-refractivity contribution is 6.32. The number of nitrogens with one attached hydrogen (secondary N) is 1. The second kappa shape index (κ2) is 6.73. The van der Waals surface area contributed by atoms with Gasteiger partial charge in [0.1, 0.15) is 22.5 Å². The van der Waals surface area contributed by atoms with Gasteiger partial charge in [0.15, 0.2) is 0 Å². The summed E-state index contributed by atoms with van der Waals surface area (Å²) in [5, 5.41) is 3.73. The second-order valence-corrected chi connectivity index (χ2v) is 6.82. The molecular formula is C17H20ClNO5. The number of carbonyl (C=O) groups excluding carboxylic acids is 2. The SMILES string of the molecule is COC(=O)c1cc(Cl)cc2cc(C(C)NC(=O)OC(C)(C)C)oc12. The van der Waals surface area contributed by atoms with Crippen LogP contribution < -0.4 is 5.32 Å². The molecule has 1 heterocycles. The molecule has 6 nitrogen and oxygen atoms in total. The van der Waals surface area contributed by atoms with Crippen molar-refractivity contribution in [3.8, 4) is 0 Å². The Bertz CT molecular complexity index is 775. The van der Waals surface area contributed by atoms with Gasteiger partial charge < -0.3 is 19.2 Å². The van der Waals surface area contributed by atoms with Crippen LogP contribution in [0.5, 0.6) is 0 Å². The summed E-state index contributed by atoms with van der Waals surface area (Å²) in [5.41, 5.74) is -0.00157. The molecule has 0 fully saturated rings. The van der Waals surface area contributed by atoms with E-state index in [1.54, 1.807) is 39.8 Å². The minimum Gasteiger partial charge on any atom is -0.465 e. The number of alkyl carbamates (subject to hydrolysis) is 1. The number of carbonyl (C=O) groups is 2. The van der Waals surface area contributed by atoms with E-state index < -0.39 is 23.7 Å². The molecule has 1 aromatic carbocycles. The van der Waals surface area contributed by atoms with Crippen molar-refractivity contribution in [2.75, 3.05) is 7.11 Å². The zero-order valence-electron chi connectivity index (χ0n) is 14.2. The van der Waals surface area contributed by atoms with Crippen LogP contribution in [0.2, 0.25) is 5.02 Å². The first-order chi connectivity index (χ1) is 11.1. The number of rotatable bonds is 3. The zero-order chi connectivity index (χ0) is 18.1. The van der Waals surface area contributed by atoms with Gasteiger partial charge in [-0.3, -0.25) is 0 Å². The third-order valence-corrected chi connectivity index (χ3v) is 3.38. The summed E-state index contributed by atoms with van der Waals surface area (Å²) in [4.78, 5) is 23.7. The average molecular weight is 354 g/mol. The maximum Gasteiger partial charge on any atom is 0.408 e. The zero-order valence-corrected chi connectivity index (χ0v) is 15.0. The molecule has 0 saturated heterocycles. The summed E-state index contributed by atoms with van der Waals surface area (Å²) in [6, 6.07) is 4.43. The normalized spacial score (nSPS) is 12.8. The van der Waals surface area contributed by atoms with Gasteiger partial charge >= 0.3 is 12.1 Å². The number of methoxy groups -OCH3 is 1. The lowest BCUT2D eigenvalue weighted by Gasteiger charge is -2.21. The first kappa shape index (κ1) is 18.1. The number of hydrogen-bond donors (Lipinski definition) is 1. The molecule has 2 rings (SSSR count). The van der Waals surface area contributed by atoms with E-state index >= 15 is 0 Å². The molecule has 1 amide bonds. The topological polar surface area (TPSA) is 77.8 Å². The van der Waals surface area contributed by atoms with Crippen LogP contribution in [0.25, 0.3) is 11.0 Å². The number of benzene rings is 1. The molecule has 1 aromatic heterocycles. The summed E-state index contributed by atoms with van der Waals surface area (Å²) in [6.45, 7) is 7.09. The number of hydrogen-bond acceptors (Lipinski definition) is 5. The van der Waals surface area contributed by atoms with Crippen molar-refractivity contribution in [2.45, 2.75) is 39.3 Å². The Balaban J connectivity index is 2.30. The highest BCUT2D eigenvalue weighted by atomic mass is 35.5. The van der Waals surface area contributed by atoms with Crippen molar-refractivity contribution in [3.63, 3.8) is 0 Å². The van der Waals surface area contributed by atoms with E-state index in [0.29, 0.717) is 21.8 Å². The van der Waals surface area contributed by atoms with Crippen LogP contribution in [0.4, 0.5) is 4.79 Å². The van der Waals surface area contributed by atoms with Crippen LogP contribution in [-0.4, -0.2) is 24.8 Å². The third kappa shape index (κ3) is 4.20. The highest BCUT2D eigenvalue weighted by Gasteiger charge is 2.22. The summed E-state index contributed by atoms with van der Waals surface area (Å²) >= 11 is 6.03. The van der Waals surface area contributed by atoms with Crippen LogP contribution in [-0.2, 0) is 9.47 Å². The van der Waals surface area contributed by atoms with E-state index in [1.807, 2.05) is 0 Å². The summed E-state index contributed by atoms with van der Waals surface area (Å²) in [6.07, 6.45) is -0.554. The van der Waals surface area contributed by atoms with Crippen molar-refractivity contribution in [1.29, 1.82) is 0 Å².